The van der Waals surface area contributed by atoms with E-state index in [9.17, 15) is 14.4 Å². The molecule has 0 saturated carbocycles. The van der Waals surface area contributed by atoms with Crippen LogP contribution in [0.3, 0.4) is 0 Å². The van der Waals surface area contributed by atoms with Gasteiger partial charge in [-0.05, 0) is 30.7 Å². The lowest BCUT2D eigenvalue weighted by molar-refractivity contribution is 0.0977. The number of carbonyl (C=O) groups is 1. The summed E-state index contributed by atoms with van der Waals surface area (Å²) in [5.41, 5.74) is 5.35. The molecular formula is C22H23N7O4. The van der Waals surface area contributed by atoms with Crippen LogP contribution < -0.4 is 21.9 Å². The largest absolute Gasteiger partial charge is 0.467 e. The molecule has 0 aliphatic carbocycles. The molecule has 3 heterocycles. The number of nitrogens with zero attached hydrogens (tertiary/aromatic N) is 5. The van der Waals surface area contributed by atoms with E-state index in [1.54, 1.807) is 24.3 Å². The van der Waals surface area contributed by atoms with Gasteiger partial charge in [0.05, 0.1) is 24.7 Å². The lowest BCUT2D eigenvalue weighted by atomic mass is 10.2. The van der Waals surface area contributed by atoms with E-state index in [0.717, 1.165) is 11.3 Å². The molecule has 0 aliphatic rings. The number of furan rings is 1. The van der Waals surface area contributed by atoms with Gasteiger partial charge in [0.2, 0.25) is 0 Å². The van der Waals surface area contributed by atoms with Crippen LogP contribution in [0.25, 0.3) is 5.69 Å². The number of aromatic nitrogens is 5. The van der Waals surface area contributed by atoms with Crippen molar-refractivity contribution in [2.45, 2.75) is 32.9 Å². The summed E-state index contributed by atoms with van der Waals surface area (Å²) in [5.74, 6) is -0.303. The molecule has 3 aromatic heterocycles. The van der Waals surface area contributed by atoms with Gasteiger partial charge in [0.25, 0.3) is 11.5 Å². The van der Waals surface area contributed by atoms with Gasteiger partial charge in [-0.3, -0.25) is 24.0 Å². The van der Waals surface area contributed by atoms with Crippen molar-refractivity contribution in [1.82, 2.24) is 24.5 Å². The highest BCUT2D eigenvalue weighted by Gasteiger charge is 2.28. The Kier molecular flexibility index (Phi) is 6.20. The molecule has 4 rings (SSSR count). The Morgan fingerprint density at radius 2 is 1.97 bits per heavy atom. The number of hydrogen-bond acceptors (Lipinski definition) is 7. The first kappa shape index (κ1) is 21.8. The Balaban J connectivity index is 1.78. The van der Waals surface area contributed by atoms with E-state index in [1.165, 1.54) is 21.8 Å². The van der Waals surface area contributed by atoms with Gasteiger partial charge in [-0.2, -0.15) is 9.90 Å². The third kappa shape index (κ3) is 4.47. The number of anilines is 2. The van der Waals surface area contributed by atoms with Crippen LogP contribution in [-0.4, -0.2) is 30.5 Å². The number of amides is 1. The van der Waals surface area contributed by atoms with Gasteiger partial charge in [-0.25, -0.2) is 4.79 Å². The zero-order chi connectivity index (χ0) is 23.4. The van der Waals surface area contributed by atoms with Crippen LogP contribution in [0, 0.1) is 0 Å². The van der Waals surface area contributed by atoms with Crippen LogP contribution in [0.15, 0.2) is 68.9 Å². The number of rotatable bonds is 8. The number of unbranched alkanes of at least 4 members (excludes halogenated alkanes) is 1. The Hall–Kier alpha value is -4.41. The van der Waals surface area contributed by atoms with E-state index < -0.39 is 17.2 Å². The molecule has 11 heteroatoms. The average molecular weight is 449 g/mol. The second-order valence-corrected chi connectivity index (χ2v) is 7.32. The normalized spacial score (nSPS) is 10.9. The highest BCUT2D eigenvalue weighted by molar-refractivity contribution is 6.05. The fraction of sp³-hybridized carbons (Fsp3) is 0.227. The zero-order valence-corrected chi connectivity index (χ0v) is 18.0. The average Bonchev–Trinajstić information content (AvgIpc) is 3.51. The molecule has 0 bridgehead atoms. The van der Waals surface area contributed by atoms with E-state index in [4.69, 9.17) is 10.2 Å². The predicted octanol–water partition coefficient (Wildman–Crippen LogP) is 1.94. The maximum absolute atomic E-state index is 13.5. The number of nitrogens with one attached hydrogen (secondary N) is 1. The van der Waals surface area contributed by atoms with Gasteiger partial charge in [0.15, 0.2) is 11.4 Å². The van der Waals surface area contributed by atoms with Gasteiger partial charge in [0.1, 0.15) is 11.6 Å². The summed E-state index contributed by atoms with van der Waals surface area (Å²) in [6.07, 6.45) is 4.26. The summed E-state index contributed by atoms with van der Waals surface area (Å²) in [4.78, 5) is 43.4. The van der Waals surface area contributed by atoms with Crippen LogP contribution in [-0.2, 0) is 13.1 Å². The molecule has 33 heavy (non-hydrogen) atoms. The van der Waals surface area contributed by atoms with Crippen molar-refractivity contribution >= 4 is 17.4 Å². The predicted molar refractivity (Wildman–Crippen MR) is 121 cm³/mol. The quantitative estimate of drug-likeness (QED) is 0.418. The van der Waals surface area contributed by atoms with E-state index in [0.29, 0.717) is 24.4 Å². The lowest BCUT2D eigenvalue weighted by Crippen LogP contribution is -2.41. The molecule has 0 unspecified atom stereocenters. The van der Waals surface area contributed by atoms with E-state index >= 15 is 0 Å². The van der Waals surface area contributed by atoms with E-state index in [1.807, 2.05) is 25.1 Å². The maximum atomic E-state index is 13.5. The molecule has 170 valence electrons. The molecule has 0 aliphatic heterocycles. The van der Waals surface area contributed by atoms with Crippen LogP contribution in [0.4, 0.5) is 11.5 Å². The second kappa shape index (κ2) is 9.39. The molecule has 0 fully saturated rings. The number of H-pyrrole nitrogens is 1. The molecule has 0 saturated heterocycles. The van der Waals surface area contributed by atoms with Crippen molar-refractivity contribution in [3.8, 4) is 5.69 Å². The van der Waals surface area contributed by atoms with Crippen molar-refractivity contribution in [2.75, 3.05) is 10.6 Å². The minimum absolute atomic E-state index is 0.00415. The number of aromatic amines is 1. The first-order valence-corrected chi connectivity index (χ1v) is 10.4. The summed E-state index contributed by atoms with van der Waals surface area (Å²) < 4.78 is 6.64. The summed E-state index contributed by atoms with van der Waals surface area (Å²) in [7, 11) is 0. The number of hydrogen-bond donors (Lipinski definition) is 2. The van der Waals surface area contributed by atoms with Crippen molar-refractivity contribution in [1.29, 1.82) is 0 Å². The molecule has 4 aromatic rings. The summed E-state index contributed by atoms with van der Waals surface area (Å²) in [5, 5.41) is 8.43. The minimum atomic E-state index is -0.777. The molecule has 3 N–H and O–H groups in total. The zero-order valence-electron chi connectivity index (χ0n) is 18.0. The van der Waals surface area contributed by atoms with Gasteiger partial charge in [-0.1, -0.05) is 31.5 Å². The SMILES string of the molecule is CCCCn1c(N)c(N(Cc2ccco2)C(=O)c2cnn(-c3ccccc3)n2)c(=O)[nH]c1=O. The highest BCUT2D eigenvalue weighted by atomic mass is 16.3. The number of para-hydroxylation sites is 1. The molecule has 11 nitrogen and oxygen atoms in total. The van der Waals surface area contributed by atoms with Crippen molar-refractivity contribution < 1.29 is 9.21 Å². The third-order valence-corrected chi connectivity index (χ3v) is 5.06. The van der Waals surface area contributed by atoms with Gasteiger partial charge < -0.3 is 10.2 Å². The standard InChI is InChI=1S/C22H23N7O4/c1-2-3-11-27-19(23)18(20(30)25-22(27)32)28(14-16-10-7-12-33-16)21(31)17-13-24-29(26-17)15-8-5-4-6-9-15/h4-10,12-13H,2-3,11,14,23H2,1H3,(H,25,30,32). The number of nitrogen functional groups attached to an aromatic ring is 1. The van der Waals surface area contributed by atoms with Gasteiger partial charge in [0, 0.05) is 6.54 Å². The molecule has 1 aromatic carbocycles. The molecule has 0 radical (unpaired) electrons. The van der Waals surface area contributed by atoms with E-state index in [2.05, 4.69) is 15.2 Å². The topological polar surface area (TPSA) is 145 Å². The number of nitrogens with two attached hydrogens (primary N) is 1. The van der Waals surface area contributed by atoms with Crippen molar-refractivity contribution in [2.24, 2.45) is 0 Å². The fourth-order valence-corrected chi connectivity index (χ4v) is 3.37. The van der Waals surface area contributed by atoms with Crippen LogP contribution in [0.2, 0.25) is 0 Å². The van der Waals surface area contributed by atoms with Crippen molar-refractivity contribution in [3.05, 3.63) is 87.2 Å². The molecule has 0 atom stereocenters. The lowest BCUT2D eigenvalue weighted by Gasteiger charge is -2.23. The van der Waals surface area contributed by atoms with Crippen molar-refractivity contribution in [3.63, 3.8) is 0 Å². The van der Waals surface area contributed by atoms with Gasteiger partial charge >= 0.3 is 5.69 Å². The Morgan fingerprint density at radius 1 is 1.18 bits per heavy atom. The third-order valence-electron chi connectivity index (χ3n) is 5.06. The van der Waals surface area contributed by atoms with Gasteiger partial charge in [-0.15, -0.1) is 5.10 Å². The maximum Gasteiger partial charge on any atom is 0.330 e. The summed E-state index contributed by atoms with van der Waals surface area (Å²) in [6, 6.07) is 12.4. The number of carbonyl (C=O) groups excluding carboxylic acids is 1. The fourth-order valence-electron chi connectivity index (χ4n) is 3.37. The first-order valence-electron chi connectivity index (χ1n) is 10.4. The summed E-state index contributed by atoms with van der Waals surface area (Å²) >= 11 is 0. The van der Waals surface area contributed by atoms with Crippen LogP contribution in [0.5, 0.6) is 0 Å². The Morgan fingerprint density at radius 3 is 2.67 bits per heavy atom. The minimum Gasteiger partial charge on any atom is -0.467 e. The molecule has 0 spiro atoms. The monoisotopic (exact) mass is 449 g/mol. The summed E-state index contributed by atoms with van der Waals surface area (Å²) in [6.45, 7) is 2.18. The molecular weight excluding hydrogens is 426 g/mol. The molecule has 1 amide bonds. The van der Waals surface area contributed by atoms with E-state index in [-0.39, 0.29) is 23.7 Å². The smallest absolute Gasteiger partial charge is 0.330 e. The highest BCUT2D eigenvalue weighted by Crippen LogP contribution is 2.22. The van der Waals surface area contributed by atoms with Crippen LogP contribution in [0.1, 0.15) is 36.0 Å². The Bertz CT molecular complexity index is 1350. The second-order valence-electron chi connectivity index (χ2n) is 7.32. The number of benzene rings is 1. The van der Waals surface area contributed by atoms with Crippen LogP contribution >= 0.6 is 0 Å². The first-order chi connectivity index (χ1) is 16.0. The Labute approximate surface area is 188 Å².